The Bertz CT molecular complexity index is 1050. The van der Waals surface area contributed by atoms with Crippen LogP contribution in [0.3, 0.4) is 0 Å². The van der Waals surface area contributed by atoms with Crippen molar-refractivity contribution in [3.63, 3.8) is 0 Å². The van der Waals surface area contributed by atoms with Crippen molar-refractivity contribution < 1.29 is 9.53 Å². The molecule has 1 aliphatic rings. The number of amides is 1. The molecule has 0 spiro atoms. The van der Waals surface area contributed by atoms with Crippen LogP contribution in [-0.2, 0) is 4.74 Å². The maximum Gasteiger partial charge on any atom is 0.252 e. The van der Waals surface area contributed by atoms with Gasteiger partial charge in [0.1, 0.15) is 0 Å². The minimum Gasteiger partial charge on any atom is -0.379 e. The zero-order valence-electron chi connectivity index (χ0n) is 19.4. The number of ether oxygens (including phenoxy) is 1. The normalized spacial score (nSPS) is 16.1. The van der Waals surface area contributed by atoms with Gasteiger partial charge in [0, 0.05) is 31.4 Å². The number of carbonyl (C=O) groups is 1. The van der Waals surface area contributed by atoms with Crippen LogP contribution in [0.1, 0.15) is 67.3 Å². The van der Waals surface area contributed by atoms with E-state index in [2.05, 4.69) is 55.1 Å². The molecule has 2 aromatic heterocycles. The number of fused-ring (bicyclic) bond motifs is 1. The van der Waals surface area contributed by atoms with E-state index in [1.165, 1.54) is 0 Å². The molecule has 4 rings (SSSR count). The van der Waals surface area contributed by atoms with Crippen LogP contribution < -0.4 is 5.32 Å². The van der Waals surface area contributed by atoms with Crippen molar-refractivity contribution in [1.82, 2.24) is 25.0 Å². The number of nitrogens with one attached hydrogen (secondary N) is 1. The summed E-state index contributed by atoms with van der Waals surface area (Å²) in [7, 11) is 0. The summed E-state index contributed by atoms with van der Waals surface area (Å²) in [6.45, 7) is 12.3. The van der Waals surface area contributed by atoms with Crippen molar-refractivity contribution in [3.05, 3.63) is 59.4 Å². The number of hydrogen-bond acceptors (Lipinski definition) is 5. The fourth-order valence-corrected chi connectivity index (χ4v) is 4.10. The van der Waals surface area contributed by atoms with Crippen LogP contribution in [0, 0.1) is 0 Å². The van der Waals surface area contributed by atoms with Gasteiger partial charge in [0.2, 0.25) is 0 Å². The predicted octanol–water partition coefficient (Wildman–Crippen LogP) is 3.94. The second-order valence-corrected chi connectivity index (χ2v) is 9.02. The molecule has 1 atom stereocenters. The Hall–Kier alpha value is -2.77. The summed E-state index contributed by atoms with van der Waals surface area (Å²) >= 11 is 0. The van der Waals surface area contributed by atoms with Gasteiger partial charge in [-0.1, -0.05) is 44.2 Å². The van der Waals surface area contributed by atoms with E-state index in [1.54, 1.807) is 6.20 Å². The lowest BCUT2D eigenvalue weighted by molar-refractivity contribution is 0.0332. The Morgan fingerprint density at radius 1 is 1.12 bits per heavy atom. The molecule has 1 fully saturated rings. The lowest BCUT2D eigenvalue weighted by Crippen LogP contribution is -2.43. The standard InChI is InChI=1S/C25H33N5O2/c1-17(2)22-14-20(21-15-26-30(18(3)4)24(21)27-22)25(31)28-23(19-8-6-5-7-9-19)16-29-10-12-32-13-11-29/h5-9,14-15,17-18,23H,10-13,16H2,1-4H3,(H,28,31). The van der Waals surface area contributed by atoms with Crippen molar-refractivity contribution >= 4 is 16.9 Å². The summed E-state index contributed by atoms with van der Waals surface area (Å²) in [4.78, 5) is 20.8. The first-order valence-corrected chi connectivity index (χ1v) is 11.5. The number of rotatable bonds is 7. The van der Waals surface area contributed by atoms with E-state index >= 15 is 0 Å². The van der Waals surface area contributed by atoms with Crippen LogP contribution in [0.4, 0.5) is 0 Å². The van der Waals surface area contributed by atoms with E-state index < -0.39 is 0 Å². The number of carbonyl (C=O) groups excluding carboxylic acids is 1. The van der Waals surface area contributed by atoms with Gasteiger partial charge in [-0.3, -0.25) is 9.69 Å². The molecule has 1 aliphatic heterocycles. The van der Waals surface area contributed by atoms with E-state index in [9.17, 15) is 4.79 Å². The Morgan fingerprint density at radius 2 is 1.84 bits per heavy atom. The first-order valence-electron chi connectivity index (χ1n) is 11.5. The zero-order valence-corrected chi connectivity index (χ0v) is 19.4. The Labute approximate surface area is 189 Å². The fourth-order valence-electron chi connectivity index (χ4n) is 4.10. The summed E-state index contributed by atoms with van der Waals surface area (Å²) in [5.74, 6) is 0.115. The molecule has 3 aromatic rings. The zero-order chi connectivity index (χ0) is 22.7. The summed E-state index contributed by atoms with van der Waals surface area (Å²) < 4.78 is 7.39. The Kier molecular flexibility index (Phi) is 6.86. The lowest BCUT2D eigenvalue weighted by atomic mass is 10.0. The molecule has 170 valence electrons. The van der Waals surface area contributed by atoms with Crippen molar-refractivity contribution in [1.29, 1.82) is 0 Å². The third-order valence-electron chi connectivity index (χ3n) is 5.96. The molecular weight excluding hydrogens is 402 g/mol. The first kappa shape index (κ1) is 22.4. The maximum atomic E-state index is 13.6. The third kappa shape index (κ3) is 4.84. The van der Waals surface area contributed by atoms with Gasteiger partial charge in [-0.25, -0.2) is 9.67 Å². The number of benzene rings is 1. The van der Waals surface area contributed by atoms with Gasteiger partial charge in [0.25, 0.3) is 5.91 Å². The quantitative estimate of drug-likeness (QED) is 0.609. The van der Waals surface area contributed by atoms with Crippen LogP contribution in [0.15, 0.2) is 42.6 Å². The highest BCUT2D eigenvalue weighted by Crippen LogP contribution is 2.25. The van der Waals surface area contributed by atoms with Crippen LogP contribution in [0.25, 0.3) is 11.0 Å². The van der Waals surface area contributed by atoms with Gasteiger partial charge in [-0.2, -0.15) is 5.10 Å². The van der Waals surface area contributed by atoms with Gasteiger partial charge < -0.3 is 10.1 Å². The molecular formula is C25H33N5O2. The topological polar surface area (TPSA) is 72.3 Å². The molecule has 32 heavy (non-hydrogen) atoms. The highest BCUT2D eigenvalue weighted by Gasteiger charge is 2.24. The highest BCUT2D eigenvalue weighted by atomic mass is 16.5. The monoisotopic (exact) mass is 435 g/mol. The highest BCUT2D eigenvalue weighted by molar-refractivity contribution is 6.05. The molecule has 0 aliphatic carbocycles. The van der Waals surface area contributed by atoms with E-state index in [4.69, 9.17) is 9.72 Å². The van der Waals surface area contributed by atoms with Gasteiger partial charge in [0.15, 0.2) is 5.65 Å². The fraction of sp³-hybridized carbons (Fsp3) is 0.480. The molecule has 7 nitrogen and oxygen atoms in total. The van der Waals surface area contributed by atoms with Gasteiger partial charge in [0.05, 0.1) is 36.4 Å². The van der Waals surface area contributed by atoms with Crippen LogP contribution in [0.2, 0.25) is 0 Å². The Balaban J connectivity index is 1.68. The van der Waals surface area contributed by atoms with E-state index in [0.717, 1.165) is 55.1 Å². The lowest BCUT2D eigenvalue weighted by Gasteiger charge is -2.31. The predicted molar refractivity (Wildman–Crippen MR) is 126 cm³/mol. The van der Waals surface area contributed by atoms with Crippen molar-refractivity contribution in [2.45, 2.75) is 45.7 Å². The molecule has 0 radical (unpaired) electrons. The van der Waals surface area contributed by atoms with Gasteiger partial charge >= 0.3 is 0 Å². The molecule has 0 bridgehead atoms. The van der Waals surface area contributed by atoms with E-state index in [1.807, 2.05) is 28.9 Å². The molecule has 1 amide bonds. The minimum absolute atomic E-state index is 0.0929. The molecule has 7 heteroatoms. The van der Waals surface area contributed by atoms with Crippen molar-refractivity contribution in [3.8, 4) is 0 Å². The average molecular weight is 436 g/mol. The second kappa shape index (κ2) is 9.79. The summed E-state index contributed by atoms with van der Waals surface area (Å²) in [5.41, 5.74) is 3.39. The summed E-state index contributed by atoms with van der Waals surface area (Å²) in [6, 6.07) is 12.1. The third-order valence-corrected chi connectivity index (χ3v) is 5.96. The van der Waals surface area contributed by atoms with Gasteiger partial charge in [-0.15, -0.1) is 0 Å². The van der Waals surface area contributed by atoms with Crippen LogP contribution in [0.5, 0.6) is 0 Å². The smallest absolute Gasteiger partial charge is 0.252 e. The largest absolute Gasteiger partial charge is 0.379 e. The maximum absolute atomic E-state index is 13.6. The number of aromatic nitrogens is 3. The van der Waals surface area contributed by atoms with E-state index in [-0.39, 0.29) is 23.9 Å². The SMILES string of the molecule is CC(C)c1cc(C(=O)NC(CN2CCOCC2)c2ccccc2)c2cnn(C(C)C)c2n1. The van der Waals surface area contributed by atoms with Crippen LogP contribution in [-0.4, -0.2) is 58.4 Å². The van der Waals surface area contributed by atoms with Crippen molar-refractivity contribution in [2.75, 3.05) is 32.8 Å². The molecule has 1 saturated heterocycles. The Morgan fingerprint density at radius 3 is 2.50 bits per heavy atom. The first-order chi connectivity index (χ1) is 15.4. The van der Waals surface area contributed by atoms with Crippen molar-refractivity contribution in [2.24, 2.45) is 0 Å². The van der Waals surface area contributed by atoms with E-state index in [0.29, 0.717) is 5.56 Å². The summed E-state index contributed by atoms with van der Waals surface area (Å²) in [5, 5.41) is 8.62. The molecule has 3 heterocycles. The number of hydrogen-bond donors (Lipinski definition) is 1. The summed E-state index contributed by atoms with van der Waals surface area (Å²) in [6.07, 6.45) is 1.76. The molecule has 0 saturated carbocycles. The number of nitrogens with zero attached hydrogens (tertiary/aromatic N) is 4. The number of pyridine rings is 1. The molecule has 1 aromatic carbocycles. The molecule has 1 unspecified atom stereocenters. The average Bonchev–Trinajstić information content (AvgIpc) is 3.23. The second-order valence-electron chi connectivity index (χ2n) is 9.02. The van der Waals surface area contributed by atoms with Crippen LogP contribution >= 0.6 is 0 Å². The molecule has 1 N–H and O–H groups in total. The number of morpholine rings is 1. The minimum atomic E-state index is -0.118. The van der Waals surface area contributed by atoms with Gasteiger partial charge in [-0.05, 0) is 31.4 Å².